The lowest BCUT2D eigenvalue weighted by atomic mass is 9.94. The fraction of sp³-hybridized carbons (Fsp3) is 0.450. The Morgan fingerprint density at radius 2 is 2.19 bits per heavy atom. The van der Waals surface area contributed by atoms with E-state index in [1.165, 1.54) is 5.69 Å². The smallest absolute Gasteiger partial charge is 0.272 e. The number of carbonyl (C=O) groups is 1. The van der Waals surface area contributed by atoms with Crippen LogP contribution in [0.25, 0.3) is 11.0 Å². The van der Waals surface area contributed by atoms with E-state index in [2.05, 4.69) is 41.0 Å². The first-order valence-corrected chi connectivity index (χ1v) is 9.30. The van der Waals surface area contributed by atoms with Gasteiger partial charge in [0.15, 0.2) is 0 Å². The van der Waals surface area contributed by atoms with Crippen molar-refractivity contribution in [1.29, 1.82) is 0 Å². The Kier molecular flexibility index (Phi) is 4.26. The van der Waals surface area contributed by atoms with E-state index in [1.54, 1.807) is 10.9 Å². The number of hydrogen-bond acceptors (Lipinski definition) is 3. The second kappa shape index (κ2) is 6.59. The van der Waals surface area contributed by atoms with Gasteiger partial charge in [-0.25, -0.2) is 4.98 Å². The third-order valence-electron chi connectivity index (χ3n) is 5.27. The number of rotatable bonds is 3. The highest BCUT2D eigenvalue weighted by atomic mass is 16.2. The highest BCUT2D eigenvalue weighted by Crippen LogP contribution is 2.29. The van der Waals surface area contributed by atoms with Gasteiger partial charge in [-0.05, 0) is 43.0 Å². The van der Waals surface area contributed by atoms with Crippen LogP contribution < -0.4 is 0 Å². The van der Waals surface area contributed by atoms with Gasteiger partial charge in [-0.2, -0.15) is 5.10 Å². The summed E-state index contributed by atoms with van der Waals surface area (Å²) in [6, 6.07) is 8.12. The minimum Gasteiger partial charge on any atom is -0.343 e. The summed E-state index contributed by atoms with van der Waals surface area (Å²) < 4.78 is 1.72. The first-order valence-electron chi connectivity index (χ1n) is 9.30. The number of hydrogen-bond donors (Lipinski definition) is 1. The van der Waals surface area contributed by atoms with E-state index in [0.717, 1.165) is 42.7 Å². The Hall–Kier alpha value is -2.63. The number of aryl methyl sites for hydroxylation is 1. The van der Waals surface area contributed by atoms with Crippen LogP contribution in [0.5, 0.6) is 0 Å². The Balaban J connectivity index is 1.55. The van der Waals surface area contributed by atoms with E-state index < -0.39 is 0 Å². The van der Waals surface area contributed by atoms with E-state index in [4.69, 9.17) is 0 Å². The van der Waals surface area contributed by atoms with Crippen molar-refractivity contribution in [2.75, 3.05) is 13.1 Å². The van der Waals surface area contributed by atoms with Crippen LogP contribution in [0, 0.1) is 0 Å². The molecule has 1 fully saturated rings. The van der Waals surface area contributed by atoms with Crippen molar-refractivity contribution < 1.29 is 4.79 Å². The number of nitrogens with one attached hydrogen (secondary N) is 1. The average molecular weight is 351 g/mol. The summed E-state index contributed by atoms with van der Waals surface area (Å²) in [7, 11) is 1.85. The summed E-state index contributed by atoms with van der Waals surface area (Å²) in [6.07, 6.45) is 3.89. The van der Waals surface area contributed by atoms with E-state index in [9.17, 15) is 4.79 Å². The van der Waals surface area contributed by atoms with Crippen LogP contribution in [0.1, 0.15) is 60.4 Å². The fourth-order valence-electron chi connectivity index (χ4n) is 3.75. The SMILES string of the molecule is CC(C)c1cc(C(=O)N2CCCC(c3cc4cccnc4[nH]3)C2)n(C)n1. The zero-order chi connectivity index (χ0) is 18.3. The zero-order valence-corrected chi connectivity index (χ0v) is 15.6. The fourth-order valence-corrected chi connectivity index (χ4v) is 3.75. The maximum absolute atomic E-state index is 13.0. The van der Waals surface area contributed by atoms with E-state index in [0.29, 0.717) is 17.5 Å². The monoisotopic (exact) mass is 351 g/mol. The molecule has 0 aliphatic carbocycles. The summed E-state index contributed by atoms with van der Waals surface area (Å²) in [6.45, 7) is 5.72. The normalized spacial score (nSPS) is 18.0. The number of aromatic amines is 1. The highest BCUT2D eigenvalue weighted by Gasteiger charge is 2.28. The molecular weight excluding hydrogens is 326 g/mol. The molecule has 0 saturated carbocycles. The largest absolute Gasteiger partial charge is 0.343 e. The molecule has 1 atom stereocenters. The van der Waals surface area contributed by atoms with Crippen LogP contribution >= 0.6 is 0 Å². The van der Waals surface area contributed by atoms with Gasteiger partial charge in [-0.15, -0.1) is 0 Å². The number of H-pyrrole nitrogens is 1. The third-order valence-corrected chi connectivity index (χ3v) is 5.27. The standard InChI is InChI=1S/C20H25N5O/c1-13(2)16-11-18(24(3)23-16)20(26)25-9-5-7-15(12-25)17-10-14-6-4-8-21-19(14)22-17/h4,6,8,10-11,13,15H,5,7,9,12H2,1-3H3,(H,21,22). The maximum atomic E-state index is 13.0. The number of amides is 1. The van der Waals surface area contributed by atoms with Gasteiger partial charge in [0.2, 0.25) is 0 Å². The molecule has 0 spiro atoms. The Bertz CT molecular complexity index is 906. The van der Waals surface area contributed by atoms with Crippen molar-refractivity contribution in [3.8, 4) is 0 Å². The summed E-state index contributed by atoms with van der Waals surface area (Å²) in [4.78, 5) is 22.8. The molecule has 1 aliphatic heterocycles. The molecule has 0 radical (unpaired) electrons. The third kappa shape index (κ3) is 3.00. The molecule has 3 aromatic rings. The number of nitrogens with zero attached hydrogens (tertiary/aromatic N) is 4. The van der Waals surface area contributed by atoms with Gasteiger partial charge in [0.1, 0.15) is 11.3 Å². The molecule has 4 heterocycles. The number of carbonyl (C=O) groups excluding carboxylic acids is 1. The Morgan fingerprint density at radius 3 is 2.92 bits per heavy atom. The van der Waals surface area contributed by atoms with Crippen LogP contribution in [0.4, 0.5) is 0 Å². The van der Waals surface area contributed by atoms with Gasteiger partial charge in [0.25, 0.3) is 5.91 Å². The van der Waals surface area contributed by atoms with Crippen LogP contribution in [0.2, 0.25) is 0 Å². The molecule has 6 nitrogen and oxygen atoms in total. The molecule has 4 rings (SSSR count). The molecule has 1 saturated heterocycles. The quantitative estimate of drug-likeness (QED) is 0.786. The van der Waals surface area contributed by atoms with Crippen LogP contribution in [0.15, 0.2) is 30.5 Å². The first kappa shape index (κ1) is 16.8. The van der Waals surface area contributed by atoms with Crippen molar-refractivity contribution in [3.63, 3.8) is 0 Å². The minimum absolute atomic E-state index is 0.0748. The van der Waals surface area contributed by atoms with Gasteiger partial charge in [0.05, 0.1) is 5.69 Å². The molecule has 1 aliphatic rings. The van der Waals surface area contributed by atoms with E-state index in [-0.39, 0.29) is 5.91 Å². The first-order chi connectivity index (χ1) is 12.5. The second-order valence-corrected chi connectivity index (χ2v) is 7.49. The van der Waals surface area contributed by atoms with Gasteiger partial charge in [0, 0.05) is 43.3 Å². The minimum atomic E-state index is 0.0748. The molecular formula is C20H25N5O. The molecule has 6 heteroatoms. The number of piperidine rings is 1. The lowest BCUT2D eigenvalue weighted by Gasteiger charge is -2.32. The summed E-state index contributed by atoms with van der Waals surface area (Å²) >= 11 is 0. The van der Waals surface area contributed by atoms with E-state index in [1.807, 2.05) is 24.1 Å². The van der Waals surface area contributed by atoms with Crippen molar-refractivity contribution in [2.45, 2.75) is 38.5 Å². The Labute approximate surface area is 153 Å². The lowest BCUT2D eigenvalue weighted by molar-refractivity contribution is 0.0695. The molecule has 1 unspecified atom stereocenters. The molecule has 26 heavy (non-hydrogen) atoms. The highest BCUT2D eigenvalue weighted by molar-refractivity contribution is 5.93. The number of likely N-dealkylation sites (tertiary alicyclic amines) is 1. The predicted molar refractivity (Wildman–Crippen MR) is 101 cm³/mol. The molecule has 0 bridgehead atoms. The van der Waals surface area contributed by atoms with Gasteiger partial charge in [-0.1, -0.05) is 13.8 Å². The van der Waals surface area contributed by atoms with Crippen molar-refractivity contribution >= 4 is 16.9 Å². The number of pyridine rings is 1. The molecule has 3 aromatic heterocycles. The Morgan fingerprint density at radius 1 is 1.35 bits per heavy atom. The topological polar surface area (TPSA) is 66.8 Å². The zero-order valence-electron chi connectivity index (χ0n) is 15.6. The van der Waals surface area contributed by atoms with Crippen molar-refractivity contribution in [1.82, 2.24) is 24.6 Å². The molecule has 0 aromatic carbocycles. The maximum Gasteiger partial charge on any atom is 0.272 e. The van der Waals surface area contributed by atoms with Crippen molar-refractivity contribution in [2.24, 2.45) is 7.05 Å². The van der Waals surface area contributed by atoms with Crippen LogP contribution in [0.3, 0.4) is 0 Å². The van der Waals surface area contributed by atoms with Crippen LogP contribution in [-0.4, -0.2) is 43.6 Å². The van der Waals surface area contributed by atoms with Gasteiger partial charge >= 0.3 is 0 Å². The second-order valence-electron chi connectivity index (χ2n) is 7.49. The number of fused-ring (bicyclic) bond motifs is 1. The van der Waals surface area contributed by atoms with Gasteiger partial charge in [-0.3, -0.25) is 9.48 Å². The molecule has 1 N–H and O–H groups in total. The number of aromatic nitrogens is 4. The van der Waals surface area contributed by atoms with E-state index >= 15 is 0 Å². The summed E-state index contributed by atoms with van der Waals surface area (Å²) in [5, 5.41) is 5.61. The van der Waals surface area contributed by atoms with Gasteiger partial charge < -0.3 is 9.88 Å². The average Bonchev–Trinajstić information content (AvgIpc) is 3.25. The predicted octanol–water partition coefficient (Wildman–Crippen LogP) is 3.44. The van der Waals surface area contributed by atoms with Crippen molar-refractivity contribution in [3.05, 3.63) is 47.5 Å². The molecule has 136 valence electrons. The summed E-state index contributed by atoms with van der Waals surface area (Å²) in [5.74, 6) is 0.709. The summed E-state index contributed by atoms with van der Waals surface area (Å²) in [5.41, 5.74) is 3.72. The van der Waals surface area contributed by atoms with Crippen LogP contribution in [-0.2, 0) is 7.05 Å². The lowest BCUT2D eigenvalue weighted by Crippen LogP contribution is -2.40. The molecule has 1 amide bonds.